The summed E-state index contributed by atoms with van der Waals surface area (Å²) < 4.78 is 5.69. The fraction of sp³-hybridized carbons (Fsp3) is 0.143. The summed E-state index contributed by atoms with van der Waals surface area (Å²) >= 11 is 0. The summed E-state index contributed by atoms with van der Waals surface area (Å²) in [7, 11) is 3.78. The molecule has 0 saturated heterocycles. The molecular weight excluding hydrogens is 226 g/mol. The second kappa shape index (κ2) is 5.19. The predicted octanol–water partition coefficient (Wildman–Crippen LogP) is 2.23. The number of para-hydroxylation sites is 1. The van der Waals surface area contributed by atoms with Crippen LogP contribution in [0.3, 0.4) is 0 Å². The highest BCUT2D eigenvalue weighted by molar-refractivity contribution is 5.60. The van der Waals surface area contributed by atoms with E-state index in [4.69, 9.17) is 4.74 Å². The molecule has 1 aromatic heterocycles. The molecule has 0 aliphatic heterocycles. The van der Waals surface area contributed by atoms with Gasteiger partial charge in [0.15, 0.2) is 11.8 Å². The van der Waals surface area contributed by atoms with Crippen molar-refractivity contribution in [3.8, 4) is 17.7 Å². The summed E-state index contributed by atoms with van der Waals surface area (Å²) in [6.45, 7) is 0. The Labute approximate surface area is 106 Å². The number of pyridine rings is 1. The highest BCUT2D eigenvalue weighted by Crippen LogP contribution is 2.26. The number of nitriles is 1. The van der Waals surface area contributed by atoms with Gasteiger partial charge in [-0.25, -0.2) is 0 Å². The summed E-state index contributed by atoms with van der Waals surface area (Å²) in [4.78, 5) is 4.84. The summed E-state index contributed by atoms with van der Waals surface area (Å²) in [6, 6.07) is 13.4. The monoisotopic (exact) mass is 240 g/mol. The maximum absolute atomic E-state index is 9.25. The topological polar surface area (TPSA) is 50.4 Å². The predicted molar refractivity (Wildman–Crippen MR) is 68.6 cm³/mol. The van der Waals surface area contributed by atoms with E-state index < -0.39 is 0 Å². The number of anilines is 1. The number of rotatable bonds is 3. The first-order valence-corrected chi connectivity index (χ1v) is 5.57. The van der Waals surface area contributed by atoms with Crippen molar-refractivity contribution in [3.63, 3.8) is 0 Å². The van der Waals surface area contributed by atoms with Gasteiger partial charge in [-0.15, -0.1) is 0 Å². The van der Waals surface area contributed by atoms with E-state index in [0.717, 1.165) is 5.69 Å². The van der Waals surface area contributed by atoms with Gasteiger partial charge in [0.05, 0.1) is 5.69 Å². The van der Waals surface area contributed by atoms with Crippen molar-refractivity contribution in [1.82, 2.24) is 0 Å². The Morgan fingerprint density at radius 3 is 2.50 bits per heavy atom. The van der Waals surface area contributed by atoms with Crippen LogP contribution in [0.15, 0.2) is 42.6 Å². The third-order valence-electron chi connectivity index (χ3n) is 2.50. The lowest BCUT2D eigenvalue weighted by Crippen LogP contribution is -2.16. The fourth-order valence-electron chi connectivity index (χ4n) is 1.64. The molecule has 0 aliphatic carbocycles. The zero-order chi connectivity index (χ0) is 13.0. The molecule has 0 amide bonds. The van der Waals surface area contributed by atoms with Crippen molar-refractivity contribution in [3.05, 3.63) is 48.2 Å². The van der Waals surface area contributed by atoms with E-state index >= 15 is 0 Å². The molecule has 0 aliphatic rings. The van der Waals surface area contributed by atoms with E-state index in [1.54, 1.807) is 6.20 Å². The second-order valence-electron chi connectivity index (χ2n) is 3.99. The molecule has 0 spiro atoms. The third-order valence-corrected chi connectivity index (χ3v) is 2.50. The number of ether oxygens (including phenoxy) is 1. The standard InChI is InChI=1S/C14H13N3O/c1-17(2)13-8-9-16-14(12(13)10-15)18-11-6-4-3-5-7-11/h3-9H,1-2H3/p+1. The average molecular weight is 240 g/mol. The molecule has 1 aromatic carbocycles. The number of hydrogen-bond donors (Lipinski definition) is 0. The van der Waals surface area contributed by atoms with Crippen molar-refractivity contribution < 1.29 is 9.72 Å². The fourth-order valence-corrected chi connectivity index (χ4v) is 1.64. The van der Waals surface area contributed by atoms with Crippen LogP contribution in [0.4, 0.5) is 5.69 Å². The molecule has 90 valence electrons. The molecule has 0 fully saturated rings. The number of aromatic amines is 1. The number of nitrogens with zero attached hydrogens (tertiary/aromatic N) is 2. The molecule has 1 N–H and O–H groups in total. The van der Waals surface area contributed by atoms with Crippen molar-refractivity contribution in [2.45, 2.75) is 0 Å². The minimum absolute atomic E-state index is 0.454. The Balaban J connectivity index is 2.40. The zero-order valence-electron chi connectivity index (χ0n) is 10.3. The van der Waals surface area contributed by atoms with Crippen LogP contribution in [0.1, 0.15) is 5.56 Å². The van der Waals surface area contributed by atoms with Crippen molar-refractivity contribution in [2.24, 2.45) is 0 Å². The van der Waals surface area contributed by atoms with Gasteiger partial charge in [-0.3, -0.25) is 0 Å². The Morgan fingerprint density at radius 1 is 1.17 bits per heavy atom. The van der Waals surface area contributed by atoms with Crippen LogP contribution in [-0.2, 0) is 0 Å². The van der Waals surface area contributed by atoms with Gasteiger partial charge in [-0.1, -0.05) is 18.2 Å². The number of aromatic nitrogens is 1. The van der Waals surface area contributed by atoms with E-state index in [-0.39, 0.29) is 0 Å². The smallest absolute Gasteiger partial charge is 0.392 e. The van der Waals surface area contributed by atoms with E-state index in [1.807, 2.05) is 55.4 Å². The molecule has 0 unspecified atom stereocenters. The van der Waals surface area contributed by atoms with Gasteiger partial charge in [0, 0.05) is 20.2 Å². The van der Waals surface area contributed by atoms with Gasteiger partial charge in [0.2, 0.25) is 0 Å². The molecule has 18 heavy (non-hydrogen) atoms. The first-order chi connectivity index (χ1) is 8.72. The maximum Gasteiger partial charge on any atom is 0.392 e. The van der Waals surface area contributed by atoms with Gasteiger partial charge in [-0.05, 0) is 12.1 Å². The number of nitrogens with one attached hydrogen (secondary N) is 1. The third kappa shape index (κ3) is 2.41. The summed E-state index contributed by atoms with van der Waals surface area (Å²) in [5, 5.41) is 9.25. The molecule has 4 nitrogen and oxygen atoms in total. The van der Waals surface area contributed by atoms with Gasteiger partial charge in [0.1, 0.15) is 11.8 Å². The van der Waals surface area contributed by atoms with Crippen LogP contribution in [0.25, 0.3) is 0 Å². The summed E-state index contributed by atoms with van der Waals surface area (Å²) in [5.74, 6) is 1.15. The van der Waals surface area contributed by atoms with E-state index in [9.17, 15) is 5.26 Å². The molecule has 0 saturated carbocycles. The van der Waals surface area contributed by atoms with E-state index in [2.05, 4.69) is 11.1 Å². The molecule has 2 rings (SSSR count). The van der Waals surface area contributed by atoms with Crippen molar-refractivity contribution in [1.29, 1.82) is 5.26 Å². The van der Waals surface area contributed by atoms with Crippen LogP contribution in [0.5, 0.6) is 11.6 Å². The Hall–Kier alpha value is -2.54. The van der Waals surface area contributed by atoms with E-state index in [1.165, 1.54) is 0 Å². The molecule has 4 heteroatoms. The Kier molecular flexibility index (Phi) is 3.44. The first kappa shape index (κ1) is 11.9. The molecule has 2 aromatic rings. The lowest BCUT2D eigenvalue weighted by molar-refractivity contribution is -0.391. The van der Waals surface area contributed by atoms with Gasteiger partial charge in [-0.2, -0.15) is 10.2 Å². The van der Waals surface area contributed by atoms with Crippen LogP contribution in [0, 0.1) is 11.3 Å². The Bertz CT molecular complexity index is 573. The molecule has 0 bridgehead atoms. The van der Waals surface area contributed by atoms with Crippen LogP contribution in [-0.4, -0.2) is 14.1 Å². The number of hydrogen-bond acceptors (Lipinski definition) is 3. The highest BCUT2D eigenvalue weighted by atomic mass is 16.5. The number of H-pyrrole nitrogens is 1. The normalized spacial score (nSPS) is 9.61. The second-order valence-corrected chi connectivity index (χ2v) is 3.99. The Morgan fingerprint density at radius 2 is 1.89 bits per heavy atom. The number of benzene rings is 1. The van der Waals surface area contributed by atoms with Crippen molar-refractivity contribution >= 4 is 5.69 Å². The largest absolute Gasteiger partial charge is 0.404 e. The SMILES string of the molecule is CN(C)c1cc[nH+]c(Oc2ccccc2)c1C#N. The van der Waals surface area contributed by atoms with Gasteiger partial charge in [0.25, 0.3) is 0 Å². The van der Waals surface area contributed by atoms with Crippen LogP contribution >= 0.6 is 0 Å². The lowest BCUT2D eigenvalue weighted by atomic mass is 10.2. The zero-order valence-corrected chi connectivity index (χ0v) is 10.3. The molecule has 0 atom stereocenters. The molecular formula is C14H14N3O+. The minimum atomic E-state index is 0.454. The summed E-state index contributed by atoms with van der Waals surface area (Å²) in [6.07, 6.45) is 1.76. The van der Waals surface area contributed by atoms with Crippen LogP contribution < -0.4 is 14.6 Å². The van der Waals surface area contributed by atoms with Gasteiger partial charge >= 0.3 is 5.88 Å². The summed E-state index contributed by atoms with van der Waals surface area (Å²) in [5.41, 5.74) is 1.31. The highest BCUT2D eigenvalue weighted by Gasteiger charge is 2.18. The average Bonchev–Trinajstić information content (AvgIpc) is 2.39. The van der Waals surface area contributed by atoms with Gasteiger partial charge < -0.3 is 9.64 Å². The van der Waals surface area contributed by atoms with Crippen molar-refractivity contribution in [2.75, 3.05) is 19.0 Å². The quantitative estimate of drug-likeness (QED) is 0.826. The molecule has 0 radical (unpaired) electrons. The lowest BCUT2D eigenvalue weighted by Gasteiger charge is -2.13. The minimum Gasteiger partial charge on any atom is -0.404 e. The molecule has 1 heterocycles. The van der Waals surface area contributed by atoms with Crippen LogP contribution in [0.2, 0.25) is 0 Å². The van der Waals surface area contributed by atoms with E-state index in [0.29, 0.717) is 17.2 Å². The maximum atomic E-state index is 9.25. The first-order valence-electron chi connectivity index (χ1n) is 5.57.